The van der Waals surface area contributed by atoms with Crippen molar-refractivity contribution < 1.29 is 19.0 Å². The average molecular weight is 196 g/mol. The van der Waals surface area contributed by atoms with Crippen LogP contribution in [-0.4, -0.2) is 17.7 Å². The number of carbonyl (C=O) groups is 1. The molecule has 1 rings (SSSR count). The summed E-state index contributed by atoms with van der Waals surface area (Å²) >= 11 is 0. The maximum Gasteiger partial charge on any atom is 0.338 e. The summed E-state index contributed by atoms with van der Waals surface area (Å²) in [6.07, 6.45) is 0. The summed E-state index contributed by atoms with van der Waals surface area (Å²) in [7, 11) is 0. The van der Waals surface area contributed by atoms with Crippen LogP contribution >= 0.6 is 0 Å². The van der Waals surface area contributed by atoms with Crippen molar-refractivity contribution >= 4 is 5.97 Å². The first-order valence-electron chi connectivity index (χ1n) is 3.89. The second-order valence-corrected chi connectivity index (χ2v) is 2.64. The Morgan fingerprint density at radius 3 is 2.50 bits per heavy atom. The van der Waals surface area contributed by atoms with Gasteiger partial charge in [-0.2, -0.15) is 0 Å². The lowest BCUT2D eigenvalue weighted by molar-refractivity contribution is 0.0521. The van der Waals surface area contributed by atoms with Crippen LogP contribution in [0.1, 0.15) is 10.4 Å². The topological polar surface area (TPSA) is 46.5 Å². The fourth-order valence-electron chi connectivity index (χ4n) is 0.825. The number of hydrogen-bond acceptors (Lipinski definition) is 3. The van der Waals surface area contributed by atoms with E-state index in [1.54, 1.807) is 0 Å². The van der Waals surface area contributed by atoms with Crippen LogP contribution in [0.3, 0.4) is 0 Å². The minimum Gasteiger partial charge on any atom is -0.508 e. The van der Waals surface area contributed by atoms with Gasteiger partial charge < -0.3 is 9.84 Å². The van der Waals surface area contributed by atoms with Crippen molar-refractivity contribution in [1.82, 2.24) is 0 Å². The Balaban J connectivity index is 2.61. The molecule has 0 aromatic heterocycles. The lowest BCUT2D eigenvalue weighted by atomic mass is 10.2. The molecule has 0 fully saturated rings. The van der Waals surface area contributed by atoms with Crippen LogP contribution in [0, 0.1) is 0 Å². The fourth-order valence-corrected chi connectivity index (χ4v) is 0.825. The van der Waals surface area contributed by atoms with E-state index in [9.17, 15) is 9.18 Å². The van der Waals surface area contributed by atoms with E-state index >= 15 is 0 Å². The normalized spacial score (nSPS) is 9.50. The third-order valence-electron chi connectivity index (χ3n) is 1.46. The average Bonchev–Trinajstić information content (AvgIpc) is 2.15. The zero-order chi connectivity index (χ0) is 10.6. The monoisotopic (exact) mass is 196 g/mol. The molecule has 1 N–H and O–H groups in total. The van der Waals surface area contributed by atoms with Crippen LogP contribution in [0.4, 0.5) is 4.39 Å². The zero-order valence-corrected chi connectivity index (χ0v) is 7.37. The number of ether oxygens (including phenoxy) is 1. The van der Waals surface area contributed by atoms with Crippen LogP contribution in [-0.2, 0) is 4.74 Å². The SMILES string of the molecule is C=C(F)COC(=O)c1ccc(O)cc1. The number of carbonyl (C=O) groups excluding carboxylic acids is 1. The van der Waals surface area contributed by atoms with Crippen LogP contribution < -0.4 is 0 Å². The van der Waals surface area contributed by atoms with Crippen molar-refractivity contribution in [2.24, 2.45) is 0 Å². The van der Waals surface area contributed by atoms with Crippen molar-refractivity contribution in [2.45, 2.75) is 0 Å². The first-order valence-corrected chi connectivity index (χ1v) is 3.89. The number of rotatable bonds is 3. The molecule has 0 heterocycles. The summed E-state index contributed by atoms with van der Waals surface area (Å²) in [6.45, 7) is 2.51. The smallest absolute Gasteiger partial charge is 0.338 e. The van der Waals surface area contributed by atoms with Crippen molar-refractivity contribution in [1.29, 1.82) is 0 Å². The van der Waals surface area contributed by atoms with Gasteiger partial charge in [0, 0.05) is 0 Å². The molecule has 1 aromatic rings. The van der Waals surface area contributed by atoms with Gasteiger partial charge in [-0.05, 0) is 24.3 Å². The molecule has 0 saturated heterocycles. The predicted octanol–water partition coefficient (Wildman–Crippen LogP) is 2.03. The second-order valence-electron chi connectivity index (χ2n) is 2.64. The summed E-state index contributed by atoms with van der Waals surface area (Å²) in [5.41, 5.74) is 0.254. The van der Waals surface area contributed by atoms with E-state index in [4.69, 9.17) is 5.11 Å². The Morgan fingerprint density at radius 2 is 2.00 bits per heavy atom. The molecule has 14 heavy (non-hydrogen) atoms. The number of phenolic OH excluding ortho intramolecular Hbond substituents is 1. The highest BCUT2D eigenvalue weighted by Crippen LogP contribution is 2.10. The Bertz CT molecular complexity index is 343. The summed E-state index contributed by atoms with van der Waals surface area (Å²) in [4.78, 5) is 11.1. The van der Waals surface area contributed by atoms with E-state index in [1.165, 1.54) is 24.3 Å². The van der Waals surface area contributed by atoms with Gasteiger partial charge in [0.2, 0.25) is 0 Å². The zero-order valence-electron chi connectivity index (χ0n) is 7.37. The van der Waals surface area contributed by atoms with Gasteiger partial charge in [-0.1, -0.05) is 6.58 Å². The molecule has 0 amide bonds. The molecule has 0 unspecified atom stereocenters. The maximum atomic E-state index is 12.1. The highest BCUT2D eigenvalue weighted by Gasteiger charge is 2.06. The van der Waals surface area contributed by atoms with Crippen LogP contribution in [0.5, 0.6) is 5.75 Å². The standard InChI is InChI=1S/C10H9FO3/c1-7(11)6-14-10(13)8-2-4-9(12)5-3-8/h2-5,12H,1,6H2. The minimum absolute atomic E-state index is 0.0523. The third kappa shape index (κ3) is 2.90. The lowest BCUT2D eigenvalue weighted by Gasteiger charge is -2.02. The second kappa shape index (κ2) is 4.41. The Labute approximate surface area is 80.4 Å². The van der Waals surface area contributed by atoms with Crippen LogP contribution in [0.15, 0.2) is 36.7 Å². The van der Waals surface area contributed by atoms with E-state index in [0.29, 0.717) is 0 Å². The molecular formula is C10H9FO3. The van der Waals surface area contributed by atoms with E-state index in [-0.39, 0.29) is 11.3 Å². The molecule has 0 aliphatic carbocycles. The Morgan fingerprint density at radius 1 is 1.43 bits per heavy atom. The number of phenols is 1. The number of hydrogen-bond donors (Lipinski definition) is 1. The third-order valence-corrected chi connectivity index (χ3v) is 1.46. The molecule has 0 saturated carbocycles. The van der Waals surface area contributed by atoms with Gasteiger partial charge in [-0.3, -0.25) is 0 Å². The van der Waals surface area contributed by atoms with Crippen molar-refractivity contribution in [2.75, 3.05) is 6.61 Å². The first-order chi connectivity index (χ1) is 6.59. The number of esters is 1. The largest absolute Gasteiger partial charge is 0.508 e. The molecule has 1 aromatic carbocycles. The first kappa shape index (κ1) is 10.2. The molecule has 0 bridgehead atoms. The maximum absolute atomic E-state index is 12.1. The molecular weight excluding hydrogens is 187 g/mol. The van der Waals surface area contributed by atoms with Gasteiger partial charge in [0.1, 0.15) is 18.2 Å². The van der Waals surface area contributed by atoms with Crippen molar-refractivity contribution in [3.8, 4) is 5.75 Å². The molecule has 0 atom stereocenters. The van der Waals surface area contributed by atoms with Crippen LogP contribution in [0.2, 0.25) is 0 Å². The quantitative estimate of drug-likeness (QED) is 0.752. The molecule has 4 heteroatoms. The minimum atomic E-state index is -0.711. The van der Waals surface area contributed by atoms with E-state index < -0.39 is 18.4 Å². The summed E-state index contributed by atoms with van der Waals surface area (Å²) in [5.74, 6) is -1.31. The highest BCUT2D eigenvalue weighted by molar-refractivity contribution is 5.89. The summed E-state index contributed by atoms with van der Waals surface area (Å²) in [6, 6.07) is 5.47. The van der Waals surface area contributed by atoms with Gasteiger partial charge in [0.25, 0.3) is 0 Å². The molecule has 0 aliphatic heterocycles. The van der Waals surface area contributed by atoms with E-state index in [0.717, 1.165) is 0 Å². The lowest BCUT2D eigenvalue weighted by Crippen LogP contribution is -2.06. The van der Waals surface area contributed by atoms with Gasteiger partial charge in [0.15, 0.2) is 0 Å². The van der Waals surface area contributed by atoms with E-state index in [2.05, 4.69) is 11.3 Å². The molecule has 3 nitrogen and oxygen atoms in total. The summed E-state index contributed by atoms with van der Waals surface area (Å²) in [5, 5.41) is 8.93. The predicted molar refractivity (Wildman–Crippen MR) is 48.6 cm³/mol. The Kier molecular flexibility index (Phi) is 3.23. The number of benzene rings is 1. The van der Waals surface area contributed by atoms with Crippen molar-refractivity contribution in [3.05, 3.63) is 42.2 Å². The van der Waals surface area contributed by atoms with Gasteiger partial charge in [0.05, 0.1) is 5.56 Å². The van der Waals surface area contributed by atoms with Gasteiger partial charge >= 0.3 is 5.97 Å². The molecule has 0 spiro atoms. The van der Waals surface area contributed by atoms with Crippen LogP contribution in [0.25, 0.3) is 0 Å². The number of aromatic hydroxyl groups is 1. The van der Waals surface area contributed by atoms with Gasteiger partial charge in [-0.25, -0.2) is 9.18 Å². The molecule has 0 radical (unpaired) electrons. The van der Waals surface area contributed by atoms with Gasteiger partial charge in [-0.15, -0.1) is 0 Å². The Hall–Kier alpha value is -1.84. The molecule has 0 aliphatic rings. The highest BCUT2D eigenvalue weighted by atomic mass is 19.1. The summed E-state index contributed by atoms with van der Waals surface area (Å²) < 4.78 is 16.7. The van der Waals surface area contributed by atoms with Crippen molar-refractivity contribution in [3.63, 3.8) is 0 Å². The van der Waals surface area contributed by atoms with E-state index in [1.807, 2.05) is 0 Å². The fraction of sp³-hybridized carbons (Fsp3) is 0.100. The number of halogens is 1. The molecule has 74 valence electrons.